The Balaban J connectivity index is 0.000000220. The third-order valence-corrected chi connectivity index (χ3v) is 2.61. The van der Waals surface area contributed by atoms with Gasteiger partial charge in [0.25, 0.3) is 0 Å². The number of hydrogen-bond acceptors (Lipinski definition) is 4. The fraction of sp³-hybridized carbons (Fsp3) is 0.333. The van der Waals surface area contributed by atoms with Crippen LogP contribution in [0, 0.1) is 0 Å². The monoisotopic (exact) mass is 304 g/mol. The van der Waals surface area contributed by atoms with Crippen LogP contribution in [0.1, 0.15) is 5.56 Å². The van der Waals surface area contributed by atoms with E-state index in [0.29, 0.717) is 26.6 Å². The zero-order chi connectivity index (χ0) is 15.9. The van der Waals surface area contributed by atoms with E-state index in [-0.39, 0.29) is 0 Å². The highest BCUT2D eigenvalue weighted by molar-refractivity contribution is 5.20. The molecule has 0 bridgehead atoms. The largest absolute Gasteiger partial charge is 0.491 e. The Morgan fingerprint density at radius 2 is 1.36 bits per heavy atom. The SMILES string of the molecule is COCCOc1ccccc1.COCOCc1ccccc1. The quantitative estimate of drug-likeness (QED) is 0.552. The van der Waals surface area contributed by atoms with Gasteiger partial charge in [-0.2, -0.15) is 0 Å². The van der Waals surface area contributed by atoms with Crippen LogP contribution in [0.4, 0.5) is 0 Å². The summed E-state index contributed by atoms with van der Waals surface area (Å²) < 4.78 is 20.0. The summed E-state index contributed by atoms with van der Waals surface area (Å²) in [6.07, 6.45) is 0. The minimum Gasteiger partial charge on any atom is -0.491 e. The molecule has 0 amide bonds. The van der Waals surface area contributed by atoms with Gasteiger partial charge >= 0.3 is 0 Å². The van der Waals surface area contributed by atoms with E-state index in [9.17, 15) is 0 Å². The molecule has 2 rings (SSSR count). The van der Waals surface area contributed by atoms with Gasteiger partial charge in [0.1, 0.15) is 19.1 Å². The van der Waals surface area contributed by atoms with Crippen molar-refractivity contribution >= 4 is 0 Å². The first kappa shape index (κ1) is 18.2. The van der Waals surface area contributed by atoms with Gasteiger partial charge < -0.3 is 18.9 Å². The normalized spacial score (nSPS) is 9.73. The summed E-state index contributed by atoms with van der Waals surface area (Å²) in [5.41, 5.74) is 1.17. The van der Waals surface area contributed by atoms with E-state index in [1.165, 1.54) is 5.56 Å². The highest BCUT2D eigenvalue weighted by Crippen LogP contribution is 2.07. The molecular formula is C18H24O4. The lowest BCUT2D eigenvalue weighted by Gasteiger charge is -2.03. The van der Waals surface area contributed by atoms with E-state index >= 15 is 0 Å². The molecule has 22 heavy (non-hydrogen) atoms. The molecule has 120 valence electrons. The van der Waals surface area contributed by atoms with Gasteiger partial charge in [0.2, 0.25) is 0 Å². The molecule has 0 aromatic heterocycles. The summed E-state index contributed by atoms with van der Waals surface area (Å²) in [4.78, 5) is 0. The van der Waals surface area contributed by atoms with E-state index < -0.39 is 0 Å². The first-order chi connectivity index (χ1) is 10.9. The van der Waals surface area contributed by atoms with Crippen molar-refractivity contribution in [3.63, 3.8) is 0 Å². The van der Waals surface area contributed by atoms with Crippen molar-refractivity contribution in [1.82, 2.24) is 0 Å². The topological polar surface area (TPSA) is 36.9 Å². The summed E-state index contributed by atoms with van der Waals surface area (Å²) in [5.74, 6) is 0.893. The summed E-state index contributed by atoms with van der Waals surface area (Å²) in [7, 11) is 3.28. The molecule has 0 unspecified atom stereocenters. The molecular weight excluding hydrogens is 280 g/mol. The molecule has 0 fully saturated rings. The zero-order valence-electron chi connectivity index (χ0n) is 13.2. The van der Waals surface area contributed by atoms with Crippen molar-refractivity contribution in [3.8, 4) is 5.75 Å². The molecule has 0 atom stereocenters. The molecule has 0 aliphatic heterocycles. The highest BCUT2D eigenvalue weighted by Gasteiger charge is 1.89. The van der Waals surface area contributed by atoms with Crippen LogP contribution in [0.5, 0.6) is 5.75 Å². The standard InChI is InChI=1S/2C9H12O2/c1-10-8-11-7-9-5-3-2-4-6-9;1-10-7-8-11-9-5-3-2-4-6-9/h2*2-6H,7-8H2,1H3. The lowest BCUT2D eigenvalue weighted by molar-refractivity contribution is -0.0390. The Labute approximate surface area is 132 Å². The first-order valence-electron chi connectivity index (χ1n) is 7.14. The van der Waals surface area contributed by atoms with Gasteiger partial charge in [-0.05, 0) is 17.7 Å². The van der Waals surface area contributed by atoms with Crippen molar-refractivity contribution in [2.75, 3.05) is 34.2 Å². The average Bonchev–Trinajstić information content (AvgIpc) is 2.58. The molecule has 4 nitrogen and oxygen atoms in total. The molecule has 0 saturated heterocycles. The number of rotatable bonds is 8. The second-order valence-corrected chi connectivity index (χ2v) is 4.39. The lowest BCUT2D eigenvalue weighted by atomic mass is 10.2. The number of ether oxygens (including phenoxy) is 4. The second-order valence-electron chi connectivity index (χ2n) is 4.39. The average molecular weight is 304 g/mol. The van der Waals surface area contributed by atoms with Crippen LogP contribution in [-0.2, 0) is 20.8 Å². The van der Waals surface area contributed by atoms with Gasteiger partial charge in [0.05, 0.1) is 13.2 Å². The molecule has 4 heteroatoms. The molecule has 0 spiro atoms. The van der Waals surface area contributed by atoms with Crippen molar-refractivity contribution in [2.45, 2.75) is 6.61 Å². The summed E-state index contributed by atoms with van der Waals surface area (Å²) in [6.45, 7) is 2.22. The van der Waals surface area contributed by atoms with Crippen LogP contribution in [-0.4, -0.2) is 34.2 Å². The summed E-state index contributed by atoms with van der Waals surface area (Å²) >= 11 is 0. The molecule has 0 radical (unpaired) electrons. The first-order valence-corrected chi connectivity index (χ1v) is 7.14. The second kappa shape index (κ2) is 12.8. The molecule has 0 aliphatic carbocycles. The summed E-state index contributed by atoms with van der Waals surface area (Å²) in [6, 6.07) is 19.7. The highest BCUT2D eigenvalue weighted by atomic mass is 16.7. The molecule has 0 heterocycles. The van der Waals surface area contributed by atoms with E-state index in [4.69, 9.17) is 18.9 Å². The van der Waals surface area contributed by atoms with Gasteiger partial charge in [0.15, 0.2) is 0 Å². The van der Waals surface area contributed by atoms with Crippen molar-refractivity contribution in [2.24, 2.45) is 0 Å². The minimum atomic E-state index is 0.356. The third-order valence-electron chi connectivity index (χ3n) is 2.61. The van der Waals surface area contributed by atoms with Gasteiger partial charge in [-0.3, -0.25) is 0 Å². The van der Waals surface area contributed by atoms with Gasteiger partial charge in [-0.15, -0.1) is 0 Å². The lowest BCUT2D eigenvalue weighted by Crippen LogP contribution is -2.03. The Kier molecular flexibility index (Phi) is 10.6. The van der Waals surface area contributed by atoms with Crippen LogP contribution < -0.4 is 4.74 Å². The number of methoxy groups -OCH3 is 2. The predicted octanol–water partition coefficient (Wildman–Crippen LogP) is 3.52. The Morgan fingerprint density at radius 3 is 1.95 bits per heavy atom. The maximum absolute atomic E-state index is 5.32. The van der Waals surface area contributed by atoms with E-state index in [1.54, 1.807) is 14.2 Å². The number of benzene rings is 2. The van der Waals surface area contributed by atoms with Crippen molar-refractivity contribution in [1.29, 1.82) is 0 Å². The van der Waals surface area contributed by atoms with E-state index in [1.807, 2.05) is 60.7 Å². The van der Waals surface area contributed by atoms with Gasteiger partial charge in [-0.25, -0.2) is 0 Å². The van der Waals surface area contributed by atoms with E-state index in [0.717, 1.165) is 5.75 Å². The third kappa shape index (κ3) is 9.13. The molecule has 2 aromatic carbocycles. The fourth-order valence-electron chi connectivity index (χ4n) is 1.58. The van der Waals surface area contributed by atoms with Crippen LogP contribution in [0.2, 0.25) is 0 Å². The maximum Gasteiger partial charge on any atom is 0.146 e. The zero-order valence-corrected chi connectivity index (χ0v) is 13.2. The van der Waals surface area contributed by atoms with Crippen molar-refractivity contribution in [3.05, 3.63) is 66.2 Å². The van der Waals surface area contributed by atoms with E-state index in [2.05, 4.69) is 0 Å². The molecule has 0 aliphatic rings. The number of hydrogen-bond donors (Lipinski definition) is 0. The Hall–Kier alpha value is -1.88. The predicted molar refractivity (Wildman–Crippen MR) is 86.9 cm³/mol. The molecule has 2 aromatic rings. The van der Waals surface area contributed by atoms with Crippen LogP contribution >= 0.6 is 0 Å². The smallest absolute Gasteiger partial charge is 0.146 e. The maximum atomic E-state index is 5.32. The molecule has 0 N–H and O–H groups in total. The molecule has 0 saturated carbocycles. The van der Waals surface area contributed by atoms with Crippen LogP contribution in [0.3, 0.4) is 0 Å². The number of para-hydroxylation sites is 1. The fourth-order valence-corrected chi connectivity index (χ4v) is 1.58. The summed E-state index contributed by atoms with van der Waals surface area (Å²) in [5, 5.41) is 0. The van der Waals surface area contributed by atoms with Gasteiger partial charge in [-0.1, -0.05) is 48.5 Å². The Bertz CT molecular complexity index is 414. The Morgan fingerprint density at radius 1 is 0.727 bits per heavy atom. The van der Waals surface area contributed by atoms with Gasteiger partial charge in [0, 0.05) is 14.2 Å². The van der Waals surface area contributed by atoms with Crippen LogP contribution in [0.15, 0.2) is 60.7 Å². The van der Waals surface area contributed by atoms with Crippen LogP contribution in [0.25, 0.3) is 0 Å². The minimum absolute atomic E-state index is 0.356. The van der Waals surface area contributed by atoms with Crippen molar-refractivity contribution < 1.29 is 18.9 Å².